The highest BCUT2D eigenvalue weighted by atomic mass is 16.5. The lowest BCUT2D eigenvalue weighted by Crippen LogP contribution is -2.50. The van der Waals surface area contributed by atoms with Crippen molar-refractivity contribution < 1.29 is 34.8 Å². The minimum Gasteiger partial charge on any atom is -0.467 e. The van der Waals surface area contributed by atoms with Crippen LogP contribution in [0.5, 0.6) is 0 Å². The molecule has 0 radical (unpaired) electrons. The molecular weight excluding hydrogens is 282 g/mol. The molecule has 0 spiro atoms. The number of ketones is 1. The summed E-state index contributed by atoms with van der Waals surface area (Å²) in [5.74, 6) is -1.83. The number of esters is 1. The number of hydrogen-bond donors (Lipinski definition) is 5. The van der Waals surface area contributed by atoms with Crippen molar-refractivity contribution in [2.45, 2.75) is 50.6 Å². The molecule has 0 aliphatic rings. The van der Waals surface area contributed by atoms with Crippen molar-refractivity contribution in [1.82, 2.24) is 5.32 Å². The average Bonchev–Trinajstić information content (AvgIpc) is 2.50. The van der Waals surface area contributed by atoms with Gasteiger partial charge in [0.05, 0.1) is 7.11 Å². The Morgan fingerprint density at radius 2 is 1.62 bits per heavy atom. The number of methoxy groups -OCH3 is 1. The number of aliphatic hydroxyl groups is 4. The number of carbonyl (C=O) groups excluding carboxylic acids is 2. The fraction of sp³-hybridized carbons (Fsp3) is 0.846. The summed E-state index contributed by atoms with van der Waals surface area (Å²) in [4.78, 5) is 22.6. The van der Waals surface area contributed by atoms with Gasteiger partial charge < -0.3 is 30.5 Å². The molecule has 0 aliphatic carbocycles. The summed E-state index contributed by atoms with van der Waals surface area (Å²) in [6.07, 6.45) is -6.42. The third kappa shape index (κ3) is 6.96. The van der Waals surface area contributed by atoms with E-state index in [-0.39, 0.29) is 6.42 Å². The first-order chi connectivity index (χ1) is 9.86. The van der Waals surface area contributed by atoms with Gasteiger partial charge in [-0.1, -0.05) is 6.92 Å². The average molecular weight is 307 g/mol. The van der Waals surface area contributed by atoms with Gasteiger partial charge in [0, 0.05) is 6.42 Å². The Bertz CT molecular complexity index is 324. The van der Waals surface area contributed by atoms with Crippen LogP contribution in [0.4, 0.5) is 0 Å². The van der Waals surface area contributed by atoms with E-state index in [2.05, 4.69) is 10.1 Å². The SMILES string of the molecule is CCCNCCCC(=O)[C@H](O)[C@@H](O)[C@H](O)[C@H](O)C(=O)OC. The fourth-order valence-electron chi connectivity index (χ4n) is 1.66. The molecule has 124 valence electrons. The highest BCUT2D eigenvalue weighted by Crippen LogP contribution is 2.09. The first-order valence-corrected chi connectivity index (χ1v) is 6.90. The number of carbonyl (C=O) groups is 2. The molecule has 0 unspecified atom stereocenters. The molecule has 21 heavy (non-hydrogen) atoms. The van der Waals surface area contributed by atoms with Crippen molar-refractivity contribution in [1.29, 1.82) is 0 Å². The summed E-state index contributed by atoms with van der Waals surface area (Å²) < 4.78 is 4.19. The highest BCUT2D eigenvalue weighted by Gasteiger charge is 2.37. The minimum atomic E-state index is -2.03. The predicted octanol–water partition coefficient (Wildman–Crippen LogP) is -2.05. The van der Waals surface area contributed by atoms with Crippen molar-refractivity contribution >= 4 is 11.8 Å². The maximum absolute atomic E-state index is 11.6. The Balaban J connectivity index is 4.25. The van der Waals surface area contributed by atoms with Gasteiger partial charge in [-0.05, 0) is 25.9 Å². The van der Waals surface area contributed by atoms with Crippen molar-refractivity contribution in [3.05, 3.63) is 0 Å². The zero-order chi connectivity index (χ0) is 16.4. The lowest BCUT2D eigenvalue weighted by molar-refractivity contribution is -0.168. The Morgan fingerprint density at radius 1 is 1.05 bits per heavy atom. The zero-order valence-electron chi connectivity index (χ0n) is 12.4. The Hall–Kier alpha value is -1.06. The van der Waals surface area contributed by atoms with E-state index in [1.807, 2.05) is 6.92 Å². The Labute approximate surface area is 123 Å². The van der Waals surface area contributed by atoms with Gasteiger partial charge in [0.2, 0.25) is 0 Å². The maximum Gasteiger partial charge on any atom is 0.337 e. The quantitative estimate of drug-likeness (QED) is 0.217. The van der Waals surface area contributed by atoms with Crippen LogP contribution in [0.3, 0.4) is 0 Å². The van der Waals surface area contributed by atoms with E-state index in [1.165, 1.54) is 0 Å². The van der Waals surface area contributed by atoms with Gasteiger partial charge in [0.15, 0.2) is 11.9 Å². The van der Waals surface area contributed by atoms with Gasteiger partial charge in [-0.3, -0.25) is 4.79 Å². The van der Waals surface area contributed by atoms with Crippen LogP contribution in [0, 0.1) is 0 Å². The van der Waals surface area contributed by atoms with Crippen molar-refractivity contribution in [2.75, 3.05) is 20.2 Å². The lowest BCUT2D eigenvalue weighted by Gasteiger charge is -2.24. The van der Waals surface area contributed by atoms with Crippen LogP contribution in [0.15, 0.2) is 0 Å². The second-order valence-electron chi connectivity index (χ2n) is 4.71. The van der Waals surface area contributed by atoms with E-state index in [1.54, 1.807) is 0 Å². The smallest absolute Gasteiger partial charge is 0.337 e. The molecular formula is C13H25NO7. The molecule has 4 atom stereocenters. The second kappa shape index (κ2) is 10.6. The Kier molecular flexibility index (Phi) is 10.1. The molecule has 0 saturated carbocycles. The third-order valence-electron chi connectivity index (χ3n) is 2.97. The number of ether oxygens (including phenoxy) is 1. The van der Waals surface area contributed by atoms with E-state index in [4.69, 9.17) is 0 Å². The van der Waals surface area contributed by atoms with Crippen LogP contribution in [0.25, 0.3) is 0 Å². The van der Waals surface area contributed by atoms with Crippen LogP contribution in [0.1, 0.15) is 26.2 Å². The van der Waals surface area contributed by atoms with E-state index in [0.717, 1.165) is 20.1 Å². The molecule has 0 aromatic carbocycles. The topological polar surface area (TPSA) is 136 Å². The van der Waals surface area contributed by atoms with E-state index >= 15 is 0 Å². The first kappa shape index (κ1) is 19.9. The normalized spacial score (nSPS) is 16.9. The van der Waals surface area contributed by atoms with Gasteiger partial charge in [-0.25, -0.2) is 4.79 Å². The van der Waals surface area contributed by atoms with E-state index in [9.17, 15) is 30.0 Å². The largest absolute Gasteiger partial charge is 0.467 e. The molecule has 0 rings (SSSR count). The summed E-state index contributed by atoms with van der Waals surface area (Å²) in [6.45, 7) is 3.42. The maximum atomic E-state index is 11.6. The third-order valence-corrected chi connectivity index (χ3v) is 2.97. The number of aliphatic hydroxyl groups excluding tert-OH is 4. The molecule has 0 aliphatic heterocycles. The van der Waals surface area contributed by atoms with Gasteiger partial charge in [-0.2, -0.15) is 0 Å². The number of nitrogens with one attached hydrogen (secondary N) is 1. The van der Waals surface area contributed by atoms with Gasteiger partial charge in [0.1, 0.15) is 18.3 Å². The number of rotatable bonds is 11. The summed E-state index contributed by atoms with van der Waals surface area (Å²) in [6, 6.07) is 0. The van der Waals surface area contributed by atoms with E-state index < -0.39 is 36.2 Å². The molecule has 0 saturated heterocycles. The highest BCUT2D eigenvalue weighted by molar-refractivity contribution is 5.83. The number of Topliss-reactive ketones (excluding diaryl/α,β-unsaturated/α-hetero) is 1. The number of hydrogen-bond acceptors (Lipinski definition) is 8. The molecule has 8 nitrogen and oxygen atoms in total. The summed E-state index contributed by atoms with van der Waals surface area (Å²) >= 11 is 0. The van der Waals surface area contributed by atoms with E-state index in [0.29, 0.717) is 13.0 Å². The van der Waals surface area contributed by atoms with Crippen molar-refractivity contribution in [3.8, 4) is 0 Å². The van der Waals surface area contributed by atoms with Crippen LogP contribution in [-0.4, -0.2) is 76.8 Å². The second-order valence-corrected chi connectivity index (χ2v) is 4.71. The van der Waals surface area contributed by atoms with Crippen molar-refractivity contribution in [3.63, 3.8) is 0 Å². The molecule has 0 fully saturated rings. The van der Waals surface area contributed by atoms with Crippen LogP contribution in [-0.2, 0) is 14.3 Å². The molecule has 0 aromatic rings. The standard InChI is InChI=1S/C13H25NO7/c1-3-6-14-7-4-5-8(15)9(16)10(17)11(18)12(19)13(20)21-2/h9-12,14,16-19H,3-7H2,1-2H3/t9-,10+,11-,12-/m0/s1. The summed E-state index contributed by atoms with van der Waals surface area (Å²) in [5, 5.41) is 41.2. The summed E-state index contributed by atoms with van der Waals surface area (Å²) in [5.41, 5.74) is 0. The molecule has 8 heteroatoms. The van der Waals surface area contributed by atoms with Crippen molar-refractivity contribution in [2.24, 2.45) is 0 Å². The molecule has 0 amide bonds. The zero-order valence-corrected chi connectivity index (χ0v) is 12.4. The Morgan fingerprint density at radius 3 is 2.14 bits per heavy atom. The minimum absolute atomic E-state index is 0.00990. The molecule has 0 aromatic heterocycles. The summed E-state index contributed by atoms with van der Waals surface area (Å²) in [7, 11) is 0.996. The first-order valence-electron chi connectivity index (χ1n) is 6.90. The van der Waals surface area contributed by atoms with Crippen LogP contribution >= 0.6 is 0 Å². The van der Waals surface area contributed by atoms with Gasteiger partial charge >= 0.3 is 5.97 Å². The molecule has 0 bridgehead atoms. The van der Waals surface area contributed by atoms with Crippen LogP contribution < -0.4 is 5.32 Å². The van der Waals surface area contributed by atoms with Gasteiger partial charge in [0.25, 0.3) is 0 Å². The predicted molar refractivity (Wildman–Crippen MR) is 73.4 cm³/mol. The van der Waals surface area contributed by atoms with Crippen LogP contribution in [0.2, 0.25) is 0 Å². The monoisotopic (exact) mass is 307 g/mol. The van der Waals surface area contributed by atoms with Gasteiger partial charge in [-0.15, -0.1) is 0 Å². The molecule has 5 N–H and O–H groups in total. The lowest BCUT2D eigenvalue weighted by atomic mass is 9.98. The molecule has 0 heterocycles. The fourth-order valence-corrected chi connectivity index (χ4v) is 1.66.